The summed E-state index contributed by atoms with van der Waals surface area (Å²) >= 11 is 0. The summed E-state index contributed by atoms with van der Waals surface area (Å²) in [6, 6.07) is 8.07. The summed E-state index contributed by atoms with van der Waals surface area (Å²) in [4.78, 5) is 0. The van der Waals surface area contributed by atoms with Crippen molar-refractivity contribution in [1.29, 1.82) is 0 Å². The summed E-state index contributed by atoms with van der Waals surface area (Å²) in [6.07, 6.45) is 7.56. The Morgan fingerprint density at radius 2 is 1.96 bits per heavy atom. The first-order valence-electron chi connectivity index (χ1n) is 7.71. The van der Waals surface area contributed by atoms with Crippen LogP contribution in [0.2, 0.25) is 0 Å². The van der Waals surface area contributed by atoms with E-state index in [4.69, 9.17) is 0 Å². The zero-order valence-electron chi connectivity index (χ0n) is 13.0. The molecular weight excluding hydrogens is 317 g/mol. The molecule has 23 heavy (non-hydrogen) atoms. The molecule has 2 aromatic rings. The Morgan fingerprint density at radius 3 is 2.61 bits per heavy atom. The largest absolute Gasteiger partial charge is 0.269 e. The van der Waals surface area contributed by atoms with Crippen LogP contribution in [0.25, 0.3) is 0 Å². The third-order valence-corrected chi connectivity index (χ3v) is 5.32. The van der Waals surface area contributed by atoms with E-state index in [1.807, 2.05) is 10.9 Å². The first-order valence-corrected chi connectivity index (χ1v) is 9.56. The van der Waals surface area contributed by atoms with Crippen LogP contribution in [0.1, 0.15) is 37.4 Å². The Bertz CT molecular complexity index is 782. The molecule has 124 valence electrons. The van der Waals surface area contributed by atoms with Gasteiger partial charge in [-0.2, -0.15) is 5.10 Å². The Hall–Kier alpha value is -1.89. The fourth-order valence-corrected chi connectivity index (χ4v) is 3.89. The summed E-state index contributed by atoms with van der Waals surface area (Å²) in [5, 5.41) is 4.49. The molecule has 0 amide bonds. The van der Waals surface area contributed by atoms with Crippen LogP contribution in [0.3, 0.4) is 0 Å². The van der Waals surface area contributed by atoms with Gasteiger partial charge < -0.3 is 0 Å². The Kier molecular flexibility index (Phi) is 4.39. The molecule has 1 aliphatic rings. The highest BCUT2D eigenvalue weighted by Gasteiger charge is 2.23. The van der Waals surface area contributed by atoms with Crippen molar-refractivity contribution in [3.63, 3.8) is 0 Å². The summed E-state index contributed by atoms with van der Waals surface area (Å²) < 4.78 is 41.1. The van der Waals surface area contributed by atoms with E-state index in [9.17, 15) is 12.8 Å². The fraction of sp³-hybridized carbons (Fsp3) is 0.438. The lowest BCUT2D eigenvalue weighted by molar-refractivity contribution is 0.463. The maximum Gasteiger partial charge on any atom is 0.232 e. The van der Waals surface area contributed by atoms with Crippen LogP contribution >= 0.6 is 0 Å². The van der Waals surface area contributed by atoms with E-state index < -0.39 is 15.8 Å². The first kappa shape index (κ1) is 16.0. The number of halogens is 1. The van der Waals surface area contributed by atoms with Crippen molar-refractivity contribution < 1.29 is 12.8 Å². The van der Waals surface area contributed by atoms with Gasteiger partial charge in [0.1, 0.15) is 5.82 Å². The van der Waals surface area contributed by atoms with Gasteiger partial charge in [-0.25, -0.2) is 12.8 Å². The molecule has 1 heterocycles. The van der Waals surface area contributed by atoms with Gasteiger partial charge in [0, 0.05) is 6.20 Å². The zero-order chi connectivity index (χ0) is 16.4. The first-order chi connectivity index (χ1) is 10.9. The summed E-state index contributed by atoms with van der Waals surface area (Å²) in [6.45, 7) is 0.0273. The van der Waals surface area contributed by atoms with Gasteiger partial charge in [0.2, 0.25) is 10.0 Å². The highest BCUT2D eigenvalue weighted by molar-refractivity contribution is 7.92. The second kappa shape index (κ2) is 6.31. The van der Waals surface area contributed by atoms with Crippen molar-refractivity contribution in [2.45, 2.75) is 38.3 Å². The van der Waals surface area contributed by atoms with Crippen LogP contribution in [0.4, 0.5) is 10.1 Å². The molecule has 5 nitrogen and oxygen atoms in total. The molecule has 3 rings (SSSR count). The van der Waals surface area contributed by atoms with Gasteiger partial charge in [-0.15, -0.1) is 0 Å². The minimum atomic E-state index is -3.60. The molecule has 0 spiro atoms. The van der Waals surface area contributed by atoms with E-state index in [2.05, 4.69) is 5.10 Å². The number of para-hydroxylation sites is 1. The van der Waals surface area contributed by atoms with Crippen molar-refractivity contribution in [3.8, 4) is 0 Å². The molecule has 1 saturated carbocycles. The number of sulfonamides is 1. The van der Waals surface area contributed by atoms with Gasteiger partial charge in [-0.1, -0.05) is 25.0 Å². The van der Waals surface area contributed by atoms with E-state index >= 15 is 0 Å². The Labute approximate surface area is 135 Å². The SMILES string of the molecule is CS(=O)(=O)N(Cc1ccn(C2CCCC2)n1)c1ccccc1F. The molecule has 0 saturated heterocycles. The van der Waals surface area contributed by atoms with Gasteiger partial charge in [0.15, 0.2) is 0 Å². The van der Waals surface area contributed by atoms with Crippen LogP contribution in [-0.4, -0.2) is 24.5 Å². The average Bonchev–Trinajstić information content (AvgIpc) is 3.16. The maximum atomic E-state index is 14.0. The van der Waals surface area contributed by atoms with Crippen LogP contribution in [0.5, 0.6) is 0 Å². The van der Waals surface area contributed by atoms with Crippen LogP contribution in [0.15, 0.2) is 36.5 Å². The minimum Gasteiger partial charge on any atom is -0.269 e. The van der Waals surface area contributed by atoms with Gasteiger partial charge >= 0.3 is 0 Å². The summed E-state index contributed by atoms with van der Waals surface area (Å²) in [5.41, 5.74) is 0.663. The molecule has 0 aliphatic heterocycles. The van der Waals surface area contributed by atoms with E-state index in [0.717, 1.165) is 23.4 Å². The quantitative estimate of drug-likeness (QED) is 0.842. The van der Waals surface area contributed by atoms with E-state index in [1.54, 1.807) is 12.1 Å². The zero-order valence-corrected chi connectivity index (χ0v) is 13.8. The van der Waals surface area contributed by atoms with Crippen molar-refractivity contribution in [2.24, 2.45) is 0 Å². The van der Waals surface area contributed by atoms with Crippen molar-refractivity contribution >= 4 is 15.7 Å². The average molecular weight is 337 g/mol. The Morgan fingerprint density at radius 1 is 1.26 bits per heavy atom. The highest BCUT2D eigenvalue weighted by Crippen LogP contribution is 2.29. The van der Waals surface area contributed by atoms with Gasteiger partial charge in [0.05, 0.1) is 30.2 Å². The highest BCUT2D eigenvalue weighted by atomic mass is 32.2. The fourth-order valence-electron chi connectivity index (χ4n) is 3.02. The predicted molar refractivity (Wildman–Crippen MR) is 87.2 cm³/mol. The van der Waals surface area contributed by atoms with Crippen LogP contribution in [-0.2, 0) is 16.6 Å². The number of benzene rings is 1. The van der Waals surface area contributed by atoms with E-state index in [1.165, 1.54) is 31.0 Å². The van der Waals surface area contributed by atoms with Gasteiger partial charge in [-0.05, 0) is 31.0 Å². The monoisotopic (exact) mass is 337 g/mol. The number of hydrogen-bond acceptors (Lipinski definition) is 3. The molecule has 7 heteroatoms. The summed E-state index contributed by atoms with van der Waals surface area (Å²) in [7, 11) is -3.60. The Balaban J connectivity index is 1.86. The van der Waals surface area contributed by atoms with Crippen molar-refractivity contribution in [2.75, 3.05) is 10.6 Å². The standard InChI is InChI=1S/C16H20FN3O2S/c1-23(21,22)20(16-9-5-4-8-15(16)17)12-13-10-11-19(18-13)14-6-2-3-7-14/h4-5,8-11,14H,2-3,6-7,12H2,1H3. The smallest absolute Gasteiger partial charge is 0.232 e. The van der Waals surface area contributed by atoms with E-state index in [0.29, 0.717) is 11.7 Å². The molecule has 0 bridgehead atoms. The van der Waals surface area contributed by atoms with Crippen molar-refractivity contribution in [1.82, 2.24) is 9.78 Å². The van der Waals surface area contributed by atoms with E-state index in [-0.39, 0.29) is 12.2 Å². The molecule has 1 aromatic carbocycles. The molecule has 0 unspecified atom stereocenters. The van der Waals surface area contributed by atoms with Crippen molar-refractivity contribution in [3.05, 3.63) is 48.0 Å². The number of anilines is 1. The predicted octanol–water partition coefficient (Wildman–Crippen LogP) is 3.10. The second-order valence-electron chi connectivity index (χ2n) is 5.95. The molecule has 0 atom stereocenters. The molecule has 1 aliphatic carbocycles. The van der Waals surface area contributed by atoms with Crippen LogP contribution in [0, 0.1) is 5.82 Å². The molecule has 0 radical (unpaired) electrons. The normalized spacial score (nSPS) is 15.9. The number of nitrogens with zero attached hydrogens (tertiary/aromatic N) is 3. The lowest BCUT2D eigenvalue weighted by Crippen LogP contribution is -2.30. The topological polar surface area (TPSA) is 55.2 Å². The molecular formula is C16H20FN3O2S. The molecule has 1 aromatic heterocycles. The second-order valence-corrected chi connectivity index (χ2v) is 7.85. The van der Waals surface area contributed by atoms with Gasteiger partial charge in [0.25, 0.3) is 0 Å². The maximum absolute atomic E-state index is 14.0. The summed E-state index contributed by atoms with van der Waals surface area (Å²) in [5.74, 6) is -0.562. The lowest BCUT2D eigenvalue weighted by Gasteiger charge is -2.22. The number of hydrogen-bond donors (Lipinski definition) is 0. The van der Waals surface area contributed by atoms with Crippen LogP contribution < -0.4 is 4.31 Å². The molecule has 1 fully saturated rings. The molecule has 0 N–H and O–H groups in total. The third-order valence-electron chi connectivity index (χ3n) is 4.19. The lowest BCUT2D eigenvalue weighted by atomic mass is 10.3. The minimum absolute atomic E-state index is 0.0273. The third kappa shape index (κ3) is 3.55. The number of rotatable bonds is 5. The van der Waals surface area contributed by atoms with Gasteiger partial charge in [-0.3, -0.25) is 8.99 Å². The number of aromatic nitrogens is 2.